The van der Waals surface area contributed by atoms with E-state index in [1.54, 1.807) is 0 Å². The van der Waals surface area contributed by atoms with E-state index >= 15 is 0 Å². The summed E-state index contributed by atoms with van der Waals surface area (Å²) in [5.41, 5.74) is 0.439. The molecule has 1 aliphatic heterocycles. The molecule has 1 fully saturated rings. The van der Waals surface area contributed by atoms with Crippen LogP contribution in [0.3, 0.4) is 0 Å². The van der Waals surface area contributed by atoms with Gasteiger partial charge in [0.15, 0.2) is 11.6 Å². The minimum absolute atomic E-state index is 0.0724. The van der Waals surface area contributed by atoms with Crippen LogP contribution in [0, 0.1) is 5.82 Å². The van der Waals surface area contributed by atoms with E-state index in [4.69, 9.17) is 4.74 Å². The smallest absolute Gasteiger partial charge is 0.186 e. The highest BCUT2D eigenvalue weighted by Gasteiger charge is 2.18. The second kappa shape index (κ2) is 6.06. The van der Waals surface area contributed by atoms with Crippen molar-refractivity contribution in [2.75, 3.05) is 38.6 Å². The Labute approximate surface area is 106 Å². The SMILES string of the molecule is CCc1ncnc(NCC2CN(C)CCO2)c1F. The van der Waals surface area contributed by atoms with Crippen molar-refractivity contribution < 1.29 is 9.13 Å². The third-order valence-electron chi connectivity index (χ3n) is 3.04. The van der Waals surface area contributed by atoms with E-state index in [1.807, 2.05) is 6.92 Å². The summed E-state index contributed by atoms with van der Waals surface area (Å²) in [6.07, 6.45) is 2.02. The third-order valence-corrected chi connectivity index (χ3v) is 3.04. The van der Waals surface area contributed by atoms with E-state index in [9.17, 15) is 4.39 Å². The predicted molar refractivity (Wildman–Crippen MR) is 67.1 cm³/mol. The molecule has 1 saturated heterocycles. The van der Waals surface area contributed by atoms with E-state index in [1.165, 1.54) is 6.33 Å². The largest absolute Gasteiger partial charge is 0.374 e. The van der Waals surface area contributed by atoms with E-state index in [0.29, 0.717) is 18.7 Å². The van der Waals surface area contributed by atoms with E-state index in [-0.39, 0.29) is 17.7 Å². The fraction of sp³-hybridized carbons (Fsp3) is 0.667. The maximum absolute atomic E-state index is 13.9. The molecule has 1 N–H and O–H groups in total. The normalized spacial score (nSPS) is 20.9. The maximum atomic E-state index is 13.9. The lowest BCUT2D eigenvalue weighted by molar-refractivity contribution is -0.0117. The van der Waals surface area contributed by atoms with Crippen LogP contribution in [-0.4, -0.2) is 54.3 Å². The summed E-state index contributed by atoms with van der Waals surface area (Å²) in [5.74, 6) is -0.0946. The summed E-state index contributed by atoms with van der Waals surface area (Å²) in [5, 5.41) is 3.00. The highest BCUT2D eigenvalue weighted by Crippen LogP contribution is 2.13. The molecule has 1 aromatic heterocycles. The summed E-state index contributed by atoms with van der Waals surface area (Å²) in [6, 6.07) is 0. The van der Waals surface area contributed by atoms with Crippen molar-refractivity contribution >= 4 is 5.82 Å². The molecule has 0 amide bonds. The second-order valence-corrected chi connectivity index (χ2v) is 4.47. The monoisotopic (exact) mass is 254 g/mol. The minimum atomic E-state index is -0.357. The Morgan fingerprint density at radius 2 is 2.39 bits per heavy atom. The fourth-order valence-electron chi connectivity index (χ4n) is 1.98. The lowest BCUT2D eigenvalue weighted by Gasteiger charge is -2.30. The molecule has 2 heterocycles. The number of morpholine rings is 1. The number of hydrogen-bond acceptors (Lipinski definition) is 5. The van der Waals surface area contributed by atoms with Crippen LogP contribution in [0.4, 0.5) is 10.2 Å². The fourth-order valence-corrected chi connectivity index (χ4v) is 1.98. The lowest BCUT2D eigenvalue weighted by Crippen LogP contribution is -2.43. The molecule has 0 aromatic carbocycles. The van der Waals surface area contributed by atoms with Crippen molar-refractivity contribution in [2.45, 2.75) is 19.4 Å². The zero-order valence-corrected chi connectivity index (χ0v) is 10.8. The molecule has 18 heavy (non-hydrogen) atoms. The number of aromatic nitrogens is 2. The Morgan fingerprint density at radius 3 is 3.11 bits per heavy atom. The van der Waals surface area contributed by atoms with Gasteiger partial charge >= 0.3 is 0 Å². The van der Waals surface area contributed by atoms with Gasteiger partial charge in [0.25, 0.3) is 0 Å². The van der Waals surface area contributed by atoms with E-state index < -0.39 is 0 Å². The van der Waals surface area contributed by atoms with Gasteiger partial charge in [-0.1, -0.05) is 6.92 Å². The number of rotatable bonds is 4. The Bertz CT molecular complexity index is 402. The lowest BCUT2D eigenvalue weighted by atomic mass is 10.2. The van der Waals surface area contributed by atoms with Crippen molar-refractivity contribution in [3.8, 4) is 0 Å². The Balaban J connectivity index is 1.93. The topological polar surface area (TPSA) is 50.3 Å². The average molecular weight is 254 g/mol. The summed E-state index contributed by atoms with van der Waals surface area (Å²) in [4.78, 5) is 10.0. The number of likely N-dealkylation sites (N-methyl/N-ethyl adjacent to an activating group) is 1. The Morgan fingerprint density at radius 1 is 1.56 bits per heavy atom. The molecule has 2 rings (SSSR count). The molecule has 0 spiro atoms. The van der Waals surface area contributed by atoms with Gasteiger partial charge in [-0.3, -0.25) is 0 Å². The van der Waals surface area contributed by atoms with Crippen LogP contribution in [0.1, 0.15) is 12.6 Å². The molecule has 1 unspecified atom stereocenters. The summed E-state index contributed by atoms with van der Waals surface area (Å²) in [6.45, 7) is 4.93. The van der Waals surface area contributed by atoms with E-state index in [2.05, 4.69) is 27.2 Å². The molecule has 0 aliphatic carbocycles. The number of nitrogens with zero attached hydrogens (tertiary/aromatic N) is 3. The summed E-state index contributed by atoms with van der Waals surface area (Å²) < 4.78 is 19.5. The molecule has 1 aliphatic rings. The molecule has 100 valence electrons. The van der Waals surface area contributed by atoms with Gasteiger partial charge in [0.05, 0.1) is 18.4 Å². The summed E-state index contributed by atoms with van der Waals surface area (Å²) >= 11 is 0. The van der Waals surface area contributed by atoms with Crippen LogP contribution < -0.4 is 5.32 Å². The standard InChI is InChI=1S/C12H19FN4O/c1-3-10-11(13)12(16-8-15-10)14-6-9-7-17(2)4-5-18-9/h8-9H,3-7H2,1-2H3,(H,14,15,16). The zero-order chi connectivity index (χ0) is 13.0. The van der Waals surface area contributed by atoms with E-state index in [0.717, 1.165) is 19.7 Å². The van der Waals surface area contributed by atoms with Gasteiger partial charge in [0, 0.05) is 19.6 Å². The van der Waals surface area contributed by atoms with Gasteiger partial charge < -0.3 is 15.0 Å². The molecule has 0 radical (unpaired) electrons. The zero-order valence-electron chi connectivity index (χ0n) is 10.8. The molecular weight excluding hydrogens is 235 g/mol. The Hall–Kier alpha value is -1.27. The van der Waals surface area contributed by atoms with Crippen molar-refractivity contribution in [1.29, 1.82) is 0 Å². The van der Waals surface area contributed by atoms with Gasteiger partial charge in [-0.2, -0.15) is 0 Å². The quantitative estimate of drug-likeness (QED) is 0.866. The first-order valence-electron chi connectivity index (χ1n) is 6.24. The van der Waals surface area contributed by atoms with Crippen molar-refractivity contribution in [2.24, 2.45) is 0 Å². The number of aryl methyl sites for hydroxylation is 1. The van der Waals surface area contributed by atoms with Gasteiger partial charge in [0.2, 0.25) is 0 Å². The molecule has 1 atom stereocenters. The molecule has 1 aromatic rings. The van der Waals surface area contributed by atoms with Crippen molar-refractivity contribution in [3.63, 3.8) is 0 Å². The van der Waals surface area contributed by atoms with Crippen LogP contribution in [0.25, 0.3) is 0 Å². The first kappa shape index (κ1) is 13.2. The van der Waals surface area contributed by atoms with Crippen LogP contribution >= 0.6 is 0 Å². The third kappa shape index (κ3) is 3.14. The predicted octanol–water partition coefficient (Wildman–Crippen LogP) is 0.921. The number of anilines is 1. The highest BCUT2D eigenvalue weighted by atomic mass is 19.1. The van der Waals surface area contributed by atoms with Crippen LogP contribution in [0.5, 0.6) is 0 Å². The molecule has 0 bridgehead atoms. The van der Waals surface area contributed by atoms with Crippen LogP contribution in [0.2, 0.25) is 0 Å². The first-order chi connectivity index (χ1) is 8.70. The van der Waals surface area contributed by atoms with Gasteiger partial charge in [-0.25, -0.2) is 14.4 Å². The maximum Gasteiger partial charge on any atom is 0.186 e. The number of nitrogens with one attached hydrogen (secondary N) is 1. The highest BCUT2D eigenvalue weighted by molar-refractivity contribution is 5.37. The van der Waals surface area contributed by atoms with Gasteiger partial charge in [0.1, 0.15) is 6.33 Å². The Kier molecular flexibility index (Phi) is 4.43. The second-order valence-electron chi connectivity index (χ2n) is 4.47. The first-order valence-corrected chi connectivity index (χ1v) is 6.24. The van der Waals surface area contributed by atoms with Crippen molar-refractivity contribution in [1.82, 2.24) is 14.9 Å². The molecule has 6 heteroatoms. The van der Waals surface area contributed by atoms with Crippen LogP contribution in [0.15, 0.2) is 6.33 Å². The molecular formula is C12H19FN4O. The number of halogens is 1. The van der Waals surface area contributed by atoms with Gasteiger partial charge in [-0.15, -0.1) is 0 Å². The van der Waals surface area contributed by atoms with Crippen LogP contribution in [-0.2, 0) is 11.2 Å². The molecule has 0 saturated carbocycles. The number of ether oxygens (including phenoxy) is 1. The average Bonchev–Trinajstić information content (AvgIpc) is 2.38. The van der Waals surface area contributed by atoms with Gasteiger partial charge in [-0.05, 0) is 13.5 Å². The van der Waals surface area contributed by atoms with Crippen molar-refractivity contribution in [3.05, 3.63) is 17.8 Å². The minimum Gasteiger partial charge on any atom is -0.374 e. The number of hydrogen-bond donors (Lipinski definition) is 1. The molecule has 5 nitrogen and oxygen atoms in total. The summed E-state index contributed by atoms with van der Waals surface area (Å²) in [7, 11) is 2.05.